The number of anilines is 1. The van der Waals surface area contributed by atoms with Gasteiger partial charge in [-0.25, -0.2) is 13.2 Å². The summed E-state index contributed by atoms with van der Waals surface area (Å²) in [5.41, 5.74) is 0.446. The lowest BCUT2D eigenvalue weighted by atomic mass is 9.89. The number of carboxylic acid groups (broad SMARTS) is 1. The molecule has 2 aromatic carbocycles. The molecule has 64 heavy (non-hydrogen) atoms. The third-order valence-electron chi connectivity index (χ3n) is 11.5. The molecule has 1 aliphatic heterocycles. The number of rotatable bonds is 22. The van der Waals surface area contributed by atoms with Gasteiger partial charge in [-0.3, -0.25) is 28.7 Å². The van der Waals surface area contributed by atoms with Crippen LogP contribution in [0.4, 0.5) is 23.7 Å². The Balaban J connectivity index is 1.80. The largest absolute Gasteiger partial charge is 0.471 e. The Labute approximate surface area is 372 Å². The summed E-state index contributed by atoms with van der Waals surface area (Å²) in [5.74, 6) is -7.01. The van der Waals surface area contributed by atoms with Crippen molar-refractivity contribution in [3.63, 3.8) is 0 Å². The lowest BCUT2D eigenvalue weighted by Gasteiger charge is -2.40. The molecule has 0 saturated carbocycles. The normalized spacial score (nSPS) is 17.6. The van der Waals surface area contributed by atoms with Crippen LogP contribution in [0, 0.1) is 17.8 Å². The van der Waals surface area contributed by atoms with E-state index in [1.807, 2.05) is 18.6 Å². The standard InChI is InChI=1S/C43H61F3N6O11S/c1-9-26(4)36(51(6)40(56)35(25(2)3)49-42(58)59)33(62-7)23-34(53)52-21-13-16-32(52)37(63-8)27(5)38(54)48-31(22-28-14-11-10-12-15-28)39(55)50-64(60,61)24-29-17-19-30(20-18-29)47-41(57)43(44,45)46/h10-12,14-15,17-20,25-27,31-33,35-37,49H,9,13,16,21-24H2,1-8H3,(H,47,57)(H,48,54)(H,50,55)(H,58,59)/t26-,27-,31+,32+,33-,35+,36+,37-/m1/s1. The molecule has 2 aromatic rings. The molecular weight excluding hydrogens is 866 g/mol. The number of carbonyl (C=O) groups is 6. The number of likely N-dealkylation sites (tertiary alicyclic amines) is 1. The second-order valence-electron chi connectivity index (χ2n) is 16.4. The molecule has 17 nitrogen and oxygen atoms in total. The molecule has 0 aliphatic carbocycles. The molecule has 6 amide bonds. The maximum atomic E-state index is 14.2. The van der Waals surface area contributed by atoms with Crippen LogP contribution in [-0.4, -0.2) is 129 Å². The predicted molar refractivity (Wildman–Crippen MR) is 230 cm³/mol. The van der Waals surface area contributed by atoms with Crippen molar-refractivity contribution in [3.8, 4) is 0 Å². The van der Waals surface area contributed by atoms with Crippen molar-refractivity contribution in [3.05, 3.63) is 65.7 Å². The first-order chi connectivity index (χ1) is 29.9. The van der Waals surface area contributed by atoms with E-state index in [0.29, 0.717) is 31.4 Å². The summed E-state index contributed by atoms with van der Waals surface area (Å²) in [5, 5.41) is 16.0. The second kappa shape index (κ2) is 23.6. The molecule has 1 heterocycles. The fraction of sp³-hybridized carbons (Fsp3) is 0.581. The number of nitrogens with zero attached hydrogens (tertiary/aromatic N) is 2. The van der Waals surface area contributed by atoms with Crippen molar-refractivity contribution in [2.45, 2.75) is 115 Å². The van der Waals surface area contributed by atoms with Gasteiger partial charge in [-0.2, -0.15) is 13.2 Å². The SMILES string of the molecule is CC[C@@H](C)[C@@H]([C@@H](CC(=O)N1CCC[C@H]1[C@H](OC)[C@@H](C)C(=O)N[C@@H](Cc1ccccc1)C(=O)NS(=O)(=O)Cc1ccc(NC(=O)C(F)(F)F)cc1)OC)N(C)C(=O)[C@@H](NC(=O)O)C(C)C. The molecular formula is C43H61F3N6O11S. The summed E-state index contributed by atoms with van der Waals surface area (Å²) in [7, 11) is -0.0475. The number of hydrogen-bond donors (Lipinski definition) is 5. The molecule has 5 N–H and O–H groups in total. The topological polar surface area (TPSA) is 230 Å². The zero-order chi connectivity index (χ0) is 48.1. The zero-order valence-electron chi connectivity index (χ0n) is 37.3. The highest BCUT2D eigenvalue weighted by molar-refractivity contribution is 7.89. The number of ether oxygens (including phenoxy) is 2. The van der Waals surface area contributed by atoms with E-state index in [1.165, 1.54) is 31.3 Å². The molecule has 0 aromatic heterocycles. The van der Waals surface area contributed by atoms with E-state index in [1.54, 1.807) is 68.4 Å². The Morgan fingerprint density at radius 1 is 0.906 bits per heavy atom. The van der Waals surface area contributed by atoms with Crippen LogP contribution in [0.3, 0.4) is 0 Å². The maximum Gasteiger partial charge on any atom is 0.471 e. The summed E-state index contributed by atoms with van der Waals surface area (Å²) >= 11 is 0. The molecule has 0 radical (unpaired) electrons. The van der Waals surface area contributed by atoms with E-state index in [-0.39, 0.29) is 41.8 Å². The van der Waals surface area contributed by atoms with Crippen molar-refractivity contribution in [2.75, 3.05) is 33.1 Å². The lowest BCUT2D eigenvalue weighted by molar-refractivity contribution is -0.167. The average Bonchev–Trinajstić information content (AvgIpc) is 3.72. The molecule has 3 rings (SSSR count). The Hall–Kier alpha value is -5.28. The number of benzene rings is 2. The highest BCUT2D eigenvalue weighted by Gasteiger charge is 2.43. The van der Waals surface area contributed by atoms with E-state index in [0.717, 1.165) is 12.1 Å². The highest BCUT2D eigenvalue weighted by atomic mass is 32.2. The first-order valence-electron chi connectivity index (χ1n) is 20.9. The third kappa shape index (κ3) is 14.9. The van der Waals surface area contributed by atoms with E-state index in [2.05, 4.69) is 10.6 Å². The van der Waals surface area contributed by atoms with Crippen molar-refractivity contribution in [1.29, 1.82) is 0 Å². The quantitative estimate of drug-likeness (QED) is 0.113. The maximum absolute atomic E-state index is 14.2. The van der Waals surface area contributed by atoms with Crippen LogP contribution < -0.4 is 20.7 Å². The van der Waals surface area contributed by atoms with Crippen molar-refractivity contribution < 1.29 is 64.9 Å². The summed E-state index contributed by atoms with van der Waals surface area (Å²) < 4.78 is 78.1. The first-order valence-corrected chi connectivity index (χ1v) is 22.6. The summed E-state index contributed by atoms with van der Waals surface area (Å²) in [4.78, 5) is 81.4. The number of alkyl halides is 3. The molecule has 8 atom stereocenters. The number of carbonyl (C=O) groups excluding carboxylic acids is 5. The number of sulfonamides is 1. The van der Waals surface area contributed by atoms with Gasteiger partial charge in [0.2, 0.25) is 27.7 Å². The molecule has 21 heteroatoms. The minimum Gasteiger partial charge on any atom is -0.465 e. The van der Waals surface area contributed by atoms with Gasteiger partial charge in [0.15, 0.2) is 0 Å². The van der Waals surface area contributed by atoms with Gasteiger partial charge < -0.3 is 40.3 Å². The van der Waals surface area contributed by atoms with E-state index < -0.39 is 94.0 Å². The fourth-order valence-electron chi connectivity index (χ4n) is 7.90. The Morgan fingerprint density at radius 2 is 1.53 bits per heavy atom. The monoisotopic (exact) mass is 926 g/mol. The molecule has 1 saturated heterocycles. The second-order valence-corrected chi connectivity index (χ2v) is 18.1. The number of nitrogens with one attached hydrogen (secondary N) is 4. The number of hydrogen-bond acceptors (Lipinski definition) is 10. The average molecular weight is 927 g/mol. The Kier molecular flexibility index (Phi) is 19.6. The van der Waals surface area contributed by atoms with Gasteiger partial charge in [-0.15, -0.1) is 0 Å². The molecule has 1 fully saturated rings. The number of methoxy groups -OCH3 is 2. The summed E-state index contributed by atoms with van der Waals surface area (Å²) in [6.07, 6.45) is -6.77. The zero-order valence-corrected chi connectivity index (χ0v) is 38.1. The predicted octanol–water partition coefficient (Wildman–Crippen LogP) is 4.07. The number of amides is 6. The summed E-state index contributed by atoms with van der Waals surface area (Å²) in [6, 6.07) is 9.35. The molecule has 356 valence electrons. The number of likely N-dealkylation sites (N-methyl/N-ethyl adjacent to an activating group) is 1. The van der Waals surface area contributed by atoms with Gasteiger partial charge in [0.05, 0.1) is 42.4 Å². The van der Waals surface area contributed by atoms with Gasteiger partial charge in [-0.1, -0.05) is 83.5 Å². The summed E-state index contributed by atoms with van der Waals surface area (Å²) in [6.45, 7) is 9.17. The van der Waals surface area contributed by atoms with Gasteiger partial charge in [0.1, 0.15) is 12.1 Å². The number of halogens is 3. The van der Waals surface area contributed by atoms with Crippen molar-refractivity contribution in [1.82, 2.24) is 25.2 Å². The minimum absolute atomic E-state index is 0.0849. The van der Waals surface area contributed by atoms with Crippen LogP contribution in [0.5, 0.6) is 0 Å². The molecule has 0 bridgehead atoms. The Bertz CT molecular complexity index is 2030. The van der Waals surface area contributed by atoms with Crippen LogP contribution >= 0.6 is 0 Å². The van der Waals surface area contributed by atoms with Crippen LogP contribution in [0.2, 0.25) is 0 Å². The van der Waals surface area contributed by atoms with Gasteiger partial charge in [0.25, 0.3) is 5.91 Å². The van der Waals surface area contributed by atoms with Gasteiger partial charge in [-0.05, 0) is 47.9 Å². The highest BCUT2D eigenvalue weighted by Crippen LogP contribution is 2.30. The molecule has 0 unspecified atom stereocenters. The molecule has 1 aliphatic rings. The fourth-order valence-corrected chi connectivity index (χ4v) is 9.05. The van der Waals surface area contributed by atoms with Gasteiger partial charge >= 0.3 is 18.2 Å². The van der Waals surface area contributed by atoms with E-state index >= 15 is 0 Å². The molecule has 0 spiro atoms. The third-order valence-corrected chi connectivity index (χ3v) is 12.7. The minimum atomic E-state index is -5.13. The van der Waals surface area contributed by atoms with Crippen molar-refractivity contribution >= 4 is 51.3 Å². The Morgan fingerprint density at radius 3 is 2.06 bits per heavy atom. The van der Waals surface area contributed by atoms with Gasteiger partial charge in [0, 0.05) is 39.9 Å². The lowest BCUT2D eigenvalue weighted by Crippen LogP contribution is -2.57. The van der Waals surface area contributed by atoms with Crippen LogP contribution in [0.25, 0.3) is 0 Å². The van der Waals surface area contributed by atoms with E-state index in [9.17, 15) is 55.5 Å². The van der Waals surface area contributed by atoms with E-state index in [4.69, 9.17) is 9.47 Å². The van der Waals surface area contributed by atoms with Crippen LogP contribution in [-0.2, 0) is 55.6 Å². The smallest absolute Gasteiger partial charge is 0.465 e. The first kappa shape index (κ1) is 53.1. The van der Waals surface area contributed by atoms with Crippen molar-refractivity contribution in [2.24, 2.45) is 17.8 Å². The van der Waals surface area contributed by atoms with Crippen LogP contribution in [0.1, 0.15) is 71.4 Å². The van der Waals surface area contributed by atoms with Crippen LogP contribution in [0.15, 0.2) is 54.6 Å².